The molecule has 1 rings (SSSR count). The van der Waals surface area contributed by atoms with Gasteiger partial charge in [-0.2, -0.15) is 4.99 Å². The second kappa shape index (κ2) is 6.98. The number of nitrogens with zero attached hydrogens (tertiary/aromatic N) is 1. The summed E-state index contributed by atoms with van der Waals surface area (Å²) in [6, 6.07) is 0. The second-order valence-electron chi connectivity index (χ2n) is 3.86. The molecular weight excluding hydrogens is 220 g/mol. The van der Waals surface area contributed by atoms with Crippen molar-refractivity contribution >= 4 is 11.7 Å². The Morgan fingerprint density at radius 1 is 1.53 bits per heavy atom. The van der Waals surface area contributed by atoms with Crippen molar-refractivity contribution in [2.45, 2.75) is 32.0 Å². The molecule has 1 aliphatic heterocycles. The van der Waals surface area contributed by atoms with E-state index in [4.69, 9.17) is 15.6 Å². The third kappa shape index (κ3) is 5.42. The molecule has 1 saturated heterocycles. The molecule has 1 heterocycles. The topological polar surface area (TPSA) is 84.9 Å². The molecule has 0 aromatic heterocycles. The molecule has 94 valence electrons. The lowest BCUT2D eigenvalue weighted by atomic mass is 10.2. The molecule has 0 unspecified atom stereocenters. The van der Waals surface area contributed by atoms with Crippen LogP contribution in [0.1, 0.15) is 19.8 Å². The Kier molecular flexibility index (Phi) is 5.59. The Morgan fingerprint density at radius 2 is 2.29 bits per heavy atom. The van der Waals surface area contributed by atoms with E-state index in [0.29, 0.717) is 0 Å². The summed E-state index contributed by atoms with van der Waals surface area (Å²) >= 11 is 0. The minimum atomic E-state index is -0.318. The number of aliphatic hydroxyl groups is 1. The maximum atomic E-state index is 10.6. The monoisotopic (exact) mass is 238 g/mol. The summed E-state index contributed by atoms with van der Waals surface area (Å²) in [5.74, 6) is -0.135. The first kappa shape index (κ1) is 13.6. The van der Waals surface area contributed by atoms with Crippen molar-refractivity contribution in [3.63, 3.8) is 0 Å². The van der Waals surface area contributed by atoms with E-state index in [-0.39, 0.29) is 30.6 Å². The number of hydrogen-bond donors (Lipinski definition) is 2. The van der Waals surface area contributed by atoms with Crippen molar-refractivity contribution < 1.29 is 14.6 Å². The number of carbonyl (C=O) groups is 1. The normalized spacial score (nSPS) is 26.1. The van der Waals surface area contributed by atoms with Crippen LogP contribution >= 0.6 is 0 Å². The van der Waals surface area contributed by atoms with Gasteiger partial charge in [-0.3, -0.25) is 4.79 Å². The number of amidine groups is 1. The van der Waals surface area contributed by atoms with Crippen LogP contribution in [0.15, 0.2) is 29.3 Å². The zero-order chi connectivity index (χ0) is 12.7. The quantitative estimate of drug-likeness (QED) is 0.425. The molecule has 1 aliphatic rings. The molecule has 5 nitrogen and oxygen atoms in total. The predicted molar refractivity (Wildman–Crippen MR) is 65.6 cm³/mol. The van der Waals surface area contributed by atoms with Crippen molar-refractivity contribution in [2.24, 2.45) is 10.7 Å². The lowest BCUT2D eigenvalue weighted by molar-refractivity contribution is -0.115. The van der Waals surface area contributed by atoms with Gasteiger partial charge in [-0.15, -0.1) is 0 Å². The van der Waals surface area contributed by atoms with Gasteiger partial charge in [-0.25, -0.2) is 0 Å². The van der Waals surface area contributed by atoms with E-state index in [2.05, 4.69) is 4.99 Å². The lowest BCUT2D eigenvalue weighted by Crippen LogP contribution is -2.12. The fourth-order valence-electron chi connectivity index (χ4n) is 1.57. The fraction of sp³-hybridized carbons (Fsp3) is 0.500. The van der Waals surface area contributed by atoms with Crippen LogP contribution in [-0.2, 0) is 9.53 Å². The van der Waals surface area contributed by atoms with E-state index < -0.39 is 0 Å². The molecule has 0 saturated carbocycles. The molecule has 0 aromatic rings. The molecule has 0 aromatic carbocycles. The van der Waals surface area contributed by atoms with Gasteiger partial charge in [-0.05, 0) is 18.9 Å². The largest absolute Gasteiger partial charge is 0.394 e. The molecule has 0 bridgehead atoms. The molecule has 17 heavy (non-hydrogen) atoms. The van der Waals surface area contributed by atoms with E-state index in [1.807, 2.05) is 6.08 Å². The van der Waals surface area contributed by atoms with Crippen LogP contribution in [0.25, 0.3) is 0 Å². The molecule has 1 fully saturated rings. The van der Waals surface area contributed by atoms with Gasteiger partial charge in [-0.1, -0.05) is 18.2 Å². The van der Waals surface area contributed by atoms with E-state index in [0.717, 1.165) is 12.8 Å². The van der Waals surface area contributed by atoms with Gasteiger partial charge >= 0.3 is 0 Å². The highest BCUT2D eigenvalue weighted by Crippen LogP contribution is 2.19. The standard InChI is InChI=1S/C12H18N2O3/c1-9(16)14-12(13)5-3-2-4-10-6-7-11(8-15)17-10/h2-5,10-11,15H,6-8H2,1H3,(H2,13,14,16)/b4-2+,5-3-/t10-,11-/m0/s1. The maximum Gasteiger partial charge on any atom is 0.244 e. The SMILES string of the molecule is CC(=O)\N=C(N)/C=C\C=C\[C@H]1CC[C@@H](CO)O1. The lowest BCUT2D eigenvalue weighted by Gasteiger charge is -2.06. The Morgan fingerprint density at radius 3 is 2.88 bits per heavy atom. The first-order chi connectivity index (χ1) is 8.11. The predicted octanol–water partition coefficient (Wildman–Crippen LogP) is 0.542. The molecular formula is C12H18N2O3. The van der Waals surface area contributed by atoms with Crippen molar-refractivity contribution in [3.05, 3.63) is 24.3 Å². The molecule has 0 aliphatic carbocycles. The van der Waals surface area contributed by atoms with E-state index in [1.165, 1.54) is 6.92 Å². The number of amides is 1. The molecule has 3 N–H and O–H groups in total. The van der Waals surface area contributed by atoms with Crippen LogP contribution in [-0.4, -0.2) is 35.7 Å². The minimum Gasteiger partial charge on any atom is -0.394 e. The number of ether oxygens (including phenoxy) is 1. The van der Waals surface area contributed by atoms with Gasteiger partial charge < -0.3 is 15.6 Å². The molecule has 0 spiro atoms. The summed E-state index contributed by atoms with van der Waals surface area (Å²) in [6.45, 7) is 1.41. The Labute approximate surface area is 101 Å². The summed E-state index contributed by atoms with van der Waals surface area (Å²) in [5, 5.41) is 8.88. The number of carbonyl (C=O) groups excluding carboxylic acids is 1. The summed E-state index contributed by atoms with van der Waals surface area (Å²) in [4.78, 5) is 14.1. The third-order valence-corrected chi connectivity index (χ3v) is 2.33. The minimum absolute atomic E-state index is 0.0435. The van der Waals surface area contributed by atoms with Crippen molar-refractivity contribution in [1.82, 2.24) is 0 Å². The molecule has 1 amide bonds. The highest BCUT2D eigenvalue weighted by atomic mass is 16.5. The van der Waals surface area contributed by atoms with Crippen molar-refractivity contribution in [2.75, 3.05) is 6.61 Å². The summed E-state index contributed by atoms with van der Waals surface area (Å²) in [5.41, 5.74) is 5.46. The van der Waals surface area contributed by atoms with Gasteiger partial charge in [0.25, 0.3) is 0 Å². The van der Waals surface area contributed by atoms with E-state index in [9.17, 15) is 4.79 Å². The Bertz CT molecular complexity index is 348. The number of allylic oxidation sites excluding steroid dienone is 2. The fourth-order valence-corrected chi connectivity index (χ4v) is 1.57. The Hall–Kier alpha value is -1.46. The second-order valence-corrected chi connectivity index (χ2v) is 3.86. The molecule has 2 atom stereocenters. The Balaban J connectivity index is 2.35. The summed E-state index contributed by atoms with van der Waals surface area (Å²) < 4.78 is 5.50. The average Bonchev–Trinajstić information content (AvgIpc) is 2.71. The smallest absolute Gasteiger partial charge is 0.244 e. The van der Waals surface area contributed by atoms with Crippen LogP contribution in [0, 0.1) is 0 Å². The van der Waals surface area contributed by atoms with Gasteiger partial charge in [0.1, 0.15) is 5.84 Å². The number of aliphatic hydroxyl groups excluding tert-OH is 1. The van der Waals surface area contributed by atoms with Gasteiger partial charge in [0.05, 0.1) is 18.8 Å². The number of aliphatic imine (C=N–C) groups is 1. The van der Waals surface area contributed by atoms with Gasteiger partial charge in [0.15, 0.2) is 0 Å². The first-order valence-corrected chi connectivity index (χ1v) is 5.57. The van der Waals surface area contributed by atoms with E-state index in [1.54, 1.807) is 18.2 Å². The molecule has 0 radical (unpaired) electrons. The average molecular weight is 238 g/mol. The van der Waals surface area contributed by atoms with Crippen LogP contribution in [0.4, 0.5) is 0 Å². The van der Waals surface area contributed by atoms with Crippen LogP contribution in [0.3, 0.4) is 0 Å². The van der Waals surface area contributed by atoms with Crippen molar-refractivity contribution in [1.29, 1.82) is 0 Å². The number of rotatable bonds is 4. The van der Waals surface area contributed by atoms with Crippen LogP contribution in [0.2, 0.25) is 0 Å². The zero-order valence-corrected chi connectivity index (χ0v) is 9.87. The maximum absolute atomic E-state index is 10.6. The zero-order valence-electron chi connectivity index (χ0n) is 9.87. The highest BCUT2D eigenvalue weighted by molar-refractivity contribution is 5.99. The number of nitrogens with two attached hydrogens (primary N) is 1. The highest BCUT2D eigenvalue weighted by Gasteiger charge is 2.21. The number of hydrogen-bond acceptors (Lipinski definition) is 3. The van der Waals surface area contributed by atoms with Gasteiger partial charge in [0.2, 0.25) is 5.91 Å². The van der Waals surface area contributed by atoms with Crippen LogP contribution in [0.5, 0.6) is 0 Å². The third-order valence-electron chi connectivity index (χ3n) is 2.33. The summed E-state index contributed by atoms with van der Waals surface area (Å²) in [7, 11) is 0. The van der Waals surface area contributed by atoms with Gasteiger partial charge in [0, 0.05) is 6.92 Å². The first-order valence-electron chi connectivity index (χ1n) is 5.57. The van der Waals surface area contributed by atoms with Crippen molar-refractivity contribution in [3.8, 4) is 0 Å². The molecule has 5 heteroatoms. The van der Waals surface area contributed by atoms with E-state index >= 15 is 0 Å². The van der Waals surface area contributed by atoms with Crippen LogP contribution < -0.4 is 5.73 Å². The summed E-state index contributed by atoms with van der Waals surface area (Å²) in [6.07, 6.45) is 8.74.